The van der Waals surface area contributed by atoms with Gasteiger partial charge in [-0.15, -0.1) is 11.3 Å². The van der Waals surface area contributed by atoms with Gasteiger partial charge in [0.15, 0.2) is 0 Å². The van der Waals surface area contributed by atoms with Gasteiger partial charge in [0.2, 0.25) is 0 Å². The summed E-state index contributed by atoms with van der Waals surface area (Å²) in [6.45, 7) is 0.765. The lowest BCUT2D eigenvalue weighted by Gasteiger charge is -2.27. The number of hydrogen-bond donors (Lipinski definition) is 1. The van der Waals surface area contributed by atoms with Crippen LogP contribution in [0, 0.1) is 0 Å². The van der Waals surface area contributed by atoms with E-state index in [2.05, 4.69) is 14.8 Å². The van der Waals surface area contributed by atoms with E-state index in [1.54, 1.807) is 17.5 Å². The van der Waals surface area contributed by atoms with Gasteiger partial charge in [0.05, 0.1) is 23.1 Å². The largest absolute Gasteiger partial charge is 0.315 e. The van der Waals surface area contributed by atoms with Gasteiger partial charge in [-0.3, -0.25) is 9.89 Å². The third kappa shape index (κ3) is 1.99. The molecule has 3 aromatic rings. The number of carbonyl (C=O) groups is 1. The van der Waals surface area contributed by atoms with Crippen LogP contribution in [0.15, 0.2) is 30.7 Å². The van der Waals surface area contributed by atoms with E-state index in [4.69, 9.17) is 0 Å². The molecule has 5 rings (SSSR count). The SMILES string of the molecule is O=C(c1c(-n2cccc2)sc2c1CCC2)N1CCCc2[nH]ncc21. The summed E-state index contributed by atoms with van der Waals surface area (Å²) in [7, 11) is 0. The molecular formula is C18H18N4OS. The molecule has 24 heavy (non-hydrogen) atoms. The topological polar surface area (TPSA) is 53.9 Å². The zero-order valence-corrected chi connectivity index (χ0v) is 14.1. The predicted octanol–water partition coefficient (Wildman–Crippen LogP) is 3.34. The molecule has 0 atom stereocenters. The van der Waals surface area contributed by atoms with Gasteiger partial charge in [0.1, 0.15) is 5.00 Å². The molecule has 0 saturated heterocycles. The van der Waals surface area contributed by atoms with Crippen molar-refractivity contribution >= 4 is 22.9 Å². The van der Waals surface area contributed by atoms with Crippen molar-refractivity contribution < 1.29 is 4.79 Å². The van der Waals surface area contributed by atoms with E-state index in [1.165, 1.54) is 10.4 Å². The van der Waals surface area contributed by atoms with Crippen molar-refractivity contribution in [2.45, 2.75) is 32.1 Å². The third-order valence-corrected chi connectivity index (χ3v) is 6.30. The van der Waals surface area contributed by atoms with Gasteiger partial charge in [0, 0.05) is 23.8 Å². The Labute approximate surface area is 143 Å². The molecule has 1 N–H and O–H groups in total. The lowest BCUT2D eigenvalue weighted by molar-refractivity contribution is 0.0984. The number of H-pyrrole nitrogens is 1. The second-order valence-electron chi connectivity index (χ2n) is 6.42. The summed E-state index contributed by atoms with van der Waals surface area (Å²) in [6, 6.07) is 4.02. The Morgan fingerprint density at radius 3 is 2.92 bits per heavy atom. The lowest BCUT2D eigenvalue weighted by Crippen LogP contribution is -2.35. The van der Waals surface area contributed by atoms with Gasteiger partial charge in [-0.25, -0.2) is 0 Å². The quantitative estimate of drug-likeness (QED) is 0.779. The Kier molecular flexibility index (Phi) is 3.13. The highest BCUT2D eigenvalue weighted by Gasteiger charge is 2.32. The number of fused-ring (bicyclic) bond motifs is 2. The molecule has 0 unspecified atom stereocenters. The monoisotopic (exact) mass is 338 g/mol. The average Bonchev–Trinajstić information content (AvgIpc) is 3.35. The van der Waals surface area contributed by atoms with Crippen LogP contribution in [-0.4, -0.2) is 27.2 Å². The number of amides is 1. The normalized spacial score (nSPS) is 16.2. The molecule has 122 valence electrons. The summed E-state index contributed by atoms with van der Waals surface area (Å²) in [5, 5.41) is 8.24. The van der Waals surface area contributed by atoms with Gasteiger partial charge >= 0.3 is 0 Å². The highest BCUT2D eigenvalue weighted by Crippen LogP contribution is 2.39. The maximum absolute atomic E-state index is 13.5. The number of aromatic amines is 1. The maximum atomic E-state index is 13.5. The third-order valence-electron chi connectivity index (χ3n) is 5.00. The molecule has 0 saturated carbocycles. The molecule has 5 nitrogen and oxygen atoms in total. The number of anilines is 1. The fraction of sp³-hybridized carbons (Fsp3) is 0.333. The number of thiophene rings is 1. The fourth-order valence-corrected chi connectivity index (χ4v) is 5.21. The molecule has 0 spiro atoms. The van der Waals surface area contributed by atoms with Crippen LogP contribution in [0.5, 0.6) is 0 Å². The molecule has 3 aromatic heterocycles. The Bertz CT molecular complexity index is 906. The summed E-state index contributed by atoms with van der Waals surface area (Å²) in [5.74, 6) is 0.125. The number of carbonyl (C=O) groups excluding carboxylic acids is 1. The second-order valence-corrected chi connectivity index (χ2v) is 7.51. The van der Waals surface area contributed by atoms with Crippen molar-refractivity contribution in [2.24, 2.45) is 0 Å². The van der Waals surface area contributed by atoms with Gasteiger partial charge in [-0.1, -0.05) is 0 Å². The Hall–Kier alpha value is -2.34. The molecule has 0 radical (unpaired) electrons. The van der Waals surface area contributed by atoms with Crippen LogP contribution >= 0.6 is 11.3 Å². The summed E-state index contributed by atoms with van der Waals surface area (Å²) >= 11 is 1.77. The Morgan fingerprint density at radius 1 is 1.17 bits per heavy atom. The van der Waals surface area contributed by atoms with E-state index in [0.29, 0.717) is 0 Å². The van der Waals surface area contributed by atoms with Crippen LogP contribution in [0.25, 0.3) is 5.00 Å². The minimum atomic E-state index is 0.125. The van der Waals surface area contributed by atoms with Crippen molar-refractivity contribution in [3.8, 4) is 5.00 Å². The van der Waals surface area contributed by atoms with Crippen LogP contribution in [0.4, 0.5) is 5.69 Å². The van der Waals surface area contributed by atoms with E-state index in [0.717, 1.165) is 60.6 Å². The maximum Gasteiger partial charge on any atom is 0.261 e. The smallest absolute Gasteiger partial charge is 0.261 e. The van der Waals surface area contributed by atoms with Crippen molar-refractivity contribution in [2.75, 3.05) is 11.4 Å². The summed E-state index contributed by atoms with van der Waals surface area (Å²) in [6.07, 6.45) is 11.0. The molecule has 1 aliphatic carbocycles. The molecule has 6 heteroatoms. The summed E-state index contributed by atoms with van der Waals surface area (Å²) in [4.78, 5) is 16.8. The molecule has 0 fully saturated rings. The molecule has 1 amide bonds. The van der Waals surface area contributed by atoms with Crippen molar-refractivity contribution in [1.82, 2.24) is 14.8 Å². The second kappa shape index (κ2) is 5.34. The van der Waals surface area contributed by atoms with E-state index in [9.17, 15) is 4.79 Å². The summed E-state index contributed by atoms with van der Waals surface area (Å²) < 4.78 is 2.08. The number of nitrogens with one attached hydrogen (secondary N) is 1. The van der Waals surface area contributed by atoms with Crippen LogP contribution in [0.3, 0.4) is 0 Å². The Balaban J connectivity index is 1.64. The first-order valence-electron chi connectivity index (χ1n) is 8.45. The van der Waals surface area contributed by atoms with Gasteiger partial charge in [-0.2, -0.15) is 5.10 Å². The lowest BCUT2D eigenvalue weighted by atomic mass is 10.1. The minimum Gasteiger partial charge on any atom is -0.315 e. The highest BCUT2D eigenvalue weighted by atomic mass is 32.1. The van der Waals surface area contributed by atoms with Gasteiger partial charge in [0.25, 0.3) is 5.91 Å². The van der Waals surface area contributed by atoms with E-state index in [1.807, 2.05) is 29.4 Å². The number of aryl methyl sites for hydroxylation is 2. The molecule has 4 heterocycles. The number of hydrogen-bond acceptors (Lipinski definition) is 3. The van der Waals surface area contributed by atoms with E-state index in [-0.39, 0.29) is 5.91 Å². The standard InChI is InChI=1S/C18H18N4OS/c23-17(22-10-4-6-13-14(22)11-19-20-13)16-12-5-3-7-15(12)24-18(16)21-8-1-2-9-21/h1-2,8-9,11H,3-7,10H2,(H,19,20). The van der Waals surface area contributed by atoms with Crippen LogP contribution in [0.1, 0.15) is 39.3 Å². The highest BCUT2D eigenvalue weighted by molar-refractivity contribution is 7.15. The Morgan fingerprint density at radius 2 is 2.04 bits per heavy atom. The van der Waals surface area contributed by atoms with Crippen molar-refractivity contribution in [1.29, 1.82) is 0 Å². The molecular weight excluding hydrogens is 320 g/mol. The molecule has 1 aliphatic heterocycles. The van der Waals surface area contributed by atoms with Gasteiger partial charge < -0.3 is 9.47 Å². The van der Waals surface area contributed by atoms with E-state index < -0.39 is 0 Å². The molecule has 0 aromatic carbocycles. The molecule has 0 bridgehead atoms. The zero-order valence-electron chi connectivity index (χ0n) is 13.3. The molecule has 2 aliphatic rings. The predicted molar refractivity (Wildman–Crippen MR) is 94.3 cm³/mol. The summed E-state index contributed by atoms with van der Waals surface area (Å²) in [5.41, 5.74) is 4.19. The number of nitrogens with zero attached hydrogens (tertiary/aromatic N) is 3. The fourth-order valence-electron chi connectivity index (χ4n) is 3.87. The van der Waals surface area contributed by atoms with Crippen LogP contribution in [-0.2, 0) is 19.3 Å². The van der Waals surface area contributed by atoms with E-state index >= 15 is 0 Å². The van der Waals surface area contributed by atoms with Crippen molar-refractivity contribution in [3.63, 3.8) is 0 Å². The number of aromatic nitrogens is 3. The minimum absolute atomic E-state index is 0.125. The van der Waals surface area contributed by atoms with Crippen LogP contribution < -0.4 is 4.90 Å². The van der Waals surface area contributed by atoms with Gasteiger partial charge in [-0.05, 0) is 49.8 Å². The first kappa shape index (κ1) is 14.0. The first-order chi connectivity index (χ1) is 11.8. The number of rotatable bonds is 2. The van der Waals surface area contributed by atoms with Crippen LogP contribution in [0.2, 0.25) is 0 Å². The average molecular weight is 338 g/mol. The first-order valence-corrected chi connectivity index (χ1v) is 9.26. The van der Waals surface area contributed by atoms with Crippen molar-refractivity contribution in [3.05, 3.63) is 52.4 Å². The zero-order chi connectivity index (χ0) is 16.1.